The van der Waals surface area contributed by atoms with Crippen LogP contribution in [0.25, 0.3) is 0 Å². The van der Waals surface area contributed by atoms with Crippen LogP contribution in [0.15, 0.2) is 28.7 Å². The van der Waals surface area contributed by atoms with Crippen molar-refractivity contribution in [3.05, 3.63) is 23.7 Å². The number of nitrogens with two attached hydrogens (primary N) is 2. The lowest BCUT2D eigenvalue weighted by molar-refractivity contribution is -0.147. The molecule has 45 heavy (non-hydrogen) atoms. The molecule has 2 rings (SSSR count). The molecule has 2 heterocycles. The molecule has 0 spiro atoms. The van der Waals surface area contributed by atoms with E-state index in [9.17, 15) is 59.7 Å². The van der Waals surface area contributed by atoms with Gasteiger partial charge in [0.15, 0.2) is 5.96 Å². The summed E-state index contributed by atoms with van der Waals surface area (Å²) in [7, 11) is 0. The predicted molar refractivity (Wildman–Crippen MR) is 145 cm³/mol. The fourth-order valence-electron chi connectivity index (χ4n) is 4.46. The van der Waals surface area contributed by atoms with Crippen LogP contribution in [0.1, 0.15) is 13.8 Å². The van der Waals surface area contributed by atoms with E-state index >= 15 is 0 Å². The fraction of sp³-hybridized carbons (Fsp3) is 0.583. The maximum Gasteiger partial charge on any atom is 0.407 e. The van der Waals surface area contributed by atoms with Gasteiger partial charge in [0.05, 0.1) is 30.8 Å². The summed E-state index contributed by atoms with van der Waals surface area (Å²) in [5, 5.41) is 76.7. The second-order valence-electron chi connectivity index (χ2n) is 9.90. The number of guanidine groups is 1. The lowest BCUT2D eigenvalue weighted by Gasteiger charge is -2.40. The van der Waals surface area contributed by atoms with Gasteiger partial charge in [-0.2, -0.15) is 0 Å². The van der Waals surface area contributed by atoms with E-state index in [0.717, 1.165) is 26.0 Å². The largest absolute Gasteiger partial charge is 0.478 e. The Hall–Kier alpha value is -4.70. The molecule has 0 fully saturated rings. The van der Waals surface area contributed by atoms with E-state index in [2.05, 4.69) is 20.9 Å². The quantitative estimate of drug-likeness (QED) is 0.0652. The van der Waals surface area contributed by atoms with Gasteiger partial charge in [0.25, 0.3) is 0 Å². The van der Waals surface area contributed by atoms with E-state index in [1.54, 1.807) is 0 Å². The van der Waals surface area contributed by atoms with E-state index in [1.165, 1.54) is 0 Å². The maximum atomic E-state index is 12.7. The number of aliphatic carboxylic acids is 2. The second kappa shape index (κ2) is 15.9. The molecule has 0 aromatic heterocycles. The van der Waals surface area contributed by atoms with E-state index in [1.807, 2.05) is 0 Å². The Labute approximate surface area is 254 Å². The van der Waals surface area contributed by atoms with E-state index in [0.29, 0.717) is 0 Å². The summed E-state index contributed by atoms with van der Waals surface area (Å²) in [4.78, 5) is 63.4. The molecular weight excluding hydrogens is 612 g/mol. The van der Waals surface area contributed by atoms with E-state index in [4.69, 9.17) is 25.7 Å². The van der Waals surface area contributed by atoms with Crippen molar-refractivity contribution in [1.29, 1.82) is 0 Å². The van der Waals surface area contributed by atoms with Gasteiger partial charge in [0.2, 0.25) is 23.3 Å². The Morgan fingerprint density at radius 2 is 1.33 bits per heavy atom. The molecule has 0 aliphatic carbocycles. The first kappa shape index (κ1) is 36.5. The summed E-state index contributed by atoms with van der Waals surface area (Å²) in [6.45, 7) is 0.195. The number of rotatable bonds is 13. The van der Waals surface area contributed by atoms with Crippen molar-refractivity contribution in [2.75, 3.05) is 13.2 Å². The smallest absolute Gasteiger partial charge is 0.407 e. The van der Waals surface area contributed by atoms with Crippen LogP contribution in [-0.2, 0) is 33.4 Å². The number of nitrogens with one attached hydrogen (secondary N) is 3. The number of amides is 3. The number of alkyl carbamates (subject to hydrolysis) is 1. The van der Waals surface area contributed by atoms with Crippen molar-refractivity contribution >= 4 is 35.8 Å². The molecule has 0 radical (unpaired) electrons. The van der Waals surface area contributed by atoms with Crippen LogP contribution in [-0.4, -0.2) is 146 Å². The average Bonchev–Trinajstić information content (AvgIpc) is 2.95. The van der Waals surface area contributed by atoms with Crippen molar-refractivity contribution in [2.24, 2.45) is 16.5 Å². The molecule has 0 saturated carbocycles. The number of aliphatic hydroxyl groups excluding tert-OH is 5. The third-order valence-corrected chi connectivity index (χ3v) is 6.42. The topological polar surface area (TPSA) is 355 Å². The van der Waals surface area contributed by atoms with Gasteiger partial charge in [0.1, 0.15) is 43.2 Å². The summed E-state index contributed by atoms with van der Waals surface area (Å²) < 4.78 is 15.4. The summed E-state index contributed by atoms with van der Waals surface area (Å²) in [6, 6.07) is -5.48. The van der Waals surface area contributed by atoms with Gasteiger partial charge in [-0.15, -0.1) is 0 Å². The number of nitrogens with zero attached hydrogens (tertiary/aromatic N) is 1. The first-order valence-electron chi connectivity index (χ1n) is 13.1. The molecule has 3 amide bonds. The van der Waals surface area contributed by atoms with Crippen molar-refractivity contribution in [3.8, 4) is 0 Å². The molecule has 0 unspecified atom stereocenters. The van der Waals surface area contributed by atoms with Gasteiger partial charge in [-0.1, -0.05) is 0 Å². The highest BCUT2D eigenvalue weighted by atomic mass is 16.6. The zero-order valence-electron chi connectivity index (χ0n) is 23.8. The molecule has 0 saturated heterocycles. The maximum absolute atomic E-state index is 12.7. The molecule has 2 aliphatic rings. The van der Waals surface area contributed by atoms with E-state index in [-0.39, 0.29) is 0 Å². The average molecular weight is 649 g/mol. The molecule has 21 nitrogen and oxygen atoms in total. The normalized spacial score (nSPS) is 26.9. The standard InChI is InChI=1S/C24H36N6O15/c1-7(32)27-15-9(29-23(25)26)3-13(21(38)39)45-20(15)18(37)12(35)6-43-24(42)30-10-4-14(22(40)41)44-19(16(10)28-8(2)33)17(36)11(34)5-31/h3-4,9-12,15-20,31,34-37H,5-6H2,1-2H3,(H,27,32)(H,28,33)(H,30,42)(H,38,39)(H,40,41)(H4,25,26,29)/t9-,10-,11+,12+,15+,16+,17+,18+,19+,20+/m0/s1. The van der Waals surface area contributed by atoms with Crippen LogP contribution in [0, 0.1) is 0 Å². The number of aliphatic imine (C=N–C) groups is 1. The molecular formula is C24H36N6O15. The van der Waals surface area contributed by atoms with Gasteiger partial charge in [0, 0.05) is 13.8 Å². The Morgan fingerprint density at radius 3 is 1.82 bits per heavy atom. The predicted octanol–water partition coefficient (Wildman–Crippen LogP) is -6.10. The van der Waals surface area contributed by atoms with Crippen LogP contribution in [0.5, 0.6) is 0 Å². The van der Waals surface area contributed by atoms with Crippen LogP contribution >= 0.6 is 0 Å². The fourth-order valence-corrected chi connectivity index (χ4v) is 4.46. The number of hydrogen-bond donors (Lipinski definition) is 12. The molecule has 0 aromatic rings. The molecule has 252 valence electrons. The number of aliphatic hydroxyl groups is 5. The van der Waals surface area contributed by atoms with E-state index < -0.39 is 121 Å². The second-order valence-corrected chi connectivity index (χ2v) is 9.90. The minimum atomic E-state index is -2.04. The number of ether oxygens (including phenoxy) is 3. The molecule has 14 N–H and O–H groups in total. The summed E-state index contributed by atoms with van der Waals surface area (Å²) in [5.74, 6) is -6.66. The molecule has 0 aromatic carbocycles. The number of carboxylic acid groups (broad SMARTS) is 2. The van der Waals surface area contributed by atoms with Gasteiger partial charge < -0.3 is 77.4 Å². The minimum absolute atomic E-state index is 0.501. The van der Waals surface area contributed by atoms with Crippen LogP contribution in [0.2, 0.25) is 0 Å². The highest BCUT2D eigenvalue weighted by molar-refractivity contribution is 5.86. The first-order valence-corrected chi connectivity index (χ1v) is 13.1. The minimum Gasteiger partial charge on any atom is -0.478 e. The summed E-state index contributed by atoms with van der Waals surface area (Å²) in [6.07, 6.45) is -10.8. The van der Waals surface area contributed by atoms with Gasteiger partial charge in [-0.25, -0.2) is 19.4 Å². The monoisotopic (exact) mass is 648 g/mol. The van der Waals surface area contributed by atoms with Gasteiger partial charge in [-0.05, 0) is 12.2 Å². The van der Waals surface area contributed by atoms with Crippen molar-refractivity contribution in [2.45, 2.75) is 74.6 Å². The molecule has 21 heteroatoms. The number of hydrogen-bond acceptors (Lipinski definition) is 14. The van der Waals surface area contributed by atoms with Crippen molar-refractivity contribution < 1.29 is 73.9 Å². The zero-order chi connectivity index (χ0) is 34.2. The third kappa shape index (κ3) is 9.90. The Morgan fingerprint density at radius 1 is 0.844 bits per heavy atom. The Kier molecular flexibility index (Phi) is 12.9. The first-order chi connectivity index (χ1) is 21.0. The summed E-state index contributed by atoms with van der Waals surface area (Å²) >= 11 is 0. The molecule has 2 aliphatic heterocycles. The lowest BCUT2D eigenvalue weighted by atomic mass is 9.92. The highest BCUT2D eigenvalue weighted by Gasteiger charge is 2.46. The number of carbonyl (C=O) groups is 5. The van der Waals surface area contributed by atoms with Crippen LogP contribution < -0.4 is 27.4 Å². The number of carboxylic acids is 2. The lowest BCUT2D eigenvalue weighted by Crippen LogP contribution is -2.63. The van der Waals surface area contributed by atoms with Crippen LogP contribution in [0.4, 0.5) is 4.79 Å². The highest BCUT2D eigenvalue weighted by Crippen LogP contribution is 2.26. The molecule has 10 atom stereocenters. The third-order valence-electron chi connectivity index (χ3n) is 6.42. The van der Waals surface area contributed by atoms with Gasteiger partial charge >= 0.3 is 18.0 Å². The van der Waals surface area contributed by atoms with Crippen molar-refractivity contribution in [3.63, 3.8) is 0 Å². The molecule has 0 bridgehead atoms. The number of carbonyl (C=O) groups excluding carboxylic acids is 3. The SMILES string of the molecule is CC(=O)N[C@H]1[C@H]([C@H](O)[C@H](O)COC(=O)N[C@H]2C=C(C(=O)O)O[C@@H]([C@H](O)[C@H](O)CO)[C@@H]2NC(C)=O)OC(C(=O)O)=C[C@@H]1N=C(N)N. The van der Waals surface area contributed by atoms with Gasteiger partial charge in [-0.3, -0.25) is 9.59 Å². The Balaban J connectivity index is 2.25. The van der Waals surface area contributed by atoms with Crippen molar-refractivity contribution in [1.82, 2.24) is 16.0 Å². The zero-order valence-corrected chi connectivity index (χ0v) is 23.8. The Bertz CT molecular complexity index is 1220. The summed E-state index contributed by atoms with van der Waals surface area (Å²) in [5.41, 5.74) is 10.8. The van der Waals surface area contributed by atoms with Crippen LogP contribution in [0.3, 0.4) is 0 Å².